The average Bonchev–Trinajstić information content (AvgIpc) is 2.90. The molecule has 0 spiro atoms. The third-order valence-electron chi connectivity index (χ3n) is 6.46. The van der Waals surface area contributed by atoms with E-state index in [1.807, 2.05) is 93.6 Å². The minimum Gasteiger partial charge on any atom is -0.496 e. The first-order valence-electron chi connectivity index (χ1n) is 13.4. The van der Waals surface area contributed by atoms with Gasteiger partial charge in [-0.15, -0.1) is 0 Å². The van der Waals surface area contributed by atoms with Crippen LogP contribution in [0.25, 0.3) is 21.9 Å². The molecule has 6 heteroatoms. The molecule has 0 saturated heterocycles. The highest BCUT2D eigenvalue weighted by Gasteiger charge is 2.26. The maximum absolute atomic E-state index is 13.2. The summed E-state index contributed by atoms with van der Waals surface area (Å²) in [7, 11) is 1.67. The van der Waals surface area contributed by atoms with Crippen molar-refractivity contribution in [2.24, 2.45) is 0 Å². The number of fused-ring (bicyclic) bond motifs is 1. The Morgan fingerprint density at radius 3 is 2.12 bits per heavy atom. The van der Waals surface area contributed by atoms with E-state index in [0.717, 1.165) is 38.8 Å². The van der Waals surface area contributed by atoms with Crippen LogP contribution in [0, 0.1) is 0 Å². The zero-order valence-corrected chi connectivity index (χ0v) is 24.3. The number of carbonyl (C=O) groups excluding carboxylic acids is 2. The van der Waals surface area contributed by atoms with Gasteiger partial charge in [0.15, 0.2) is 0 Å². The normalized spacial score (nSPS) is 11.7. The highest BCUT2D eigenvalue weighted by atomic mass is 16.5. The molecule has 0 aliphatic rings. The second kappa shape index (κ2) is 11.4. The quantitative estimate of drug-likeness (QED) is 0.260. The highest BCUT2D eigenvalue weighted by Crippen LogP contribution is 2.41. The molecule has 4 rings (SSSR count). The molecular weight excluding hydrogens is 500 g/mol. The summed E-state index contributed by atoms with van der Waals surface area (Å²) >= 11 is 0. The largest absolute Gasteiger partial charge is 0.496 e. The van der Waals surface area contributed by atoms with Crippen LogP contribution in [0.1, 0.15) is 63.0 Å². The van der Waals surface area contributed by atoms with E-state index in [4.69, 9.17) is 9.47 Å². The molecule has 0 unspecified atom stereocenters. The lowest BCUT2D eigenvalue weighted by Crippen LogP contribution is -2.40. The SMILES string of the molecule is COc1c(-c2ccc3cc(NC(=O)OCc4ccccc4)ccc3c2)cc(C(=O)NC(C)(C)C)cc1C(C)(C)C. The van der Waals surface area contributed by atoms with Crippen molar-refractivity contribution in [3.8, 4) is 16.9 Å². The van der Waals surface area contributed by atoms with Gasteiger partial charge in [-0.25, -0.2) is 4.79 Å². The number of benzene rings is 4. The van der Waals surface area contributed by atoms with Crippen LogP contribution in [0.15, 0.2) is 78.9 Å². The standard InChI is InChI=1S/C34H38N2O4/c1-33(2,3)29-20-26(31(37)36-34(4,5)6)19-28(30(29)39-7)25-14-13-24-18-27(16-15-23(24)17-25)35-32(38)40-21-22-11-9-8-10-12-22/h8-20H,21H2,1-7H3,(H,35,38)(H,36,37). The molecule has 208 valence electrons. The molecule has 40 heavy (non-hydrogen) atoms. The summed E-state index contributed by atoms with van der Waals surface area (Å²) in [5.74, 6) is 0.621. The summed E-state index contributed by atoms with van der Waals surface area (Å²) in [5.41, 5.74) is 4.29. The van der Waals surface area contributed by atoms with Gasteiger partial charge in [-0.05, 0) is 78.4 Å². The smallest absolute Gasteiger partial charge is 0.411 e. The second-order valence-electron chi connectivity index (χ2n) is 12.0. The Balaban J connectivity index is 1.65. The van der Waals surface area contributed by atoms with Crippen molar-refractivity contribution in [2.75, 3.05) is 12.4 Å². The fraction of sp³-hybridized carbons (Fsp3) is 0.294. The van der Waals surface area contributed by atoms with Gasteiger partial charge >= 0.3 is 6.09 Å². The van der Waals surface area contributed by atoms with Crippen LogP contribution in [0.3, 0.4) is 0 Å². The molecule has 0 atom stereocenters. The van der Waals surface area contributed by atoms with E-state index < -0.39 is 6.09 Å². The third kappa shape index (κ3) is 7.00. The molecule has 4 aromatic rings. The molecule has 6 nitrogen and oxygen atoms in total. The van der Waals surface area contributed by atoms with Crippen LogP contribution in [-0.4, -0.2) is 24.6 Å². The minimum atomic E-state index is -0.510. The number of rotatable bonds is 6. The molecular formula is C34H38N2O4. The summed E-state index contributed by atoms with van der Waals surface area (Å²) in [6, 6.07) is 25.2. The van der Waals surface area contributed by atoms with Gasteiger partial charge in [0.1, 0.15) is 12.4 Å². The zero-order chi connectivity index (χ0) is 29.1. The molecule has 0 aromatic heterocycles. The number of methoxy groups -OCH3 is 1. The van der Waals surface area contributed by atoms with Crippen molar-refractivity contribution < 1.29 is 19.1 Å². The summed E-state index contributed by atoms with van der Waals surface area (Å²) in [6.45, 7) is 12.4. The van der Waals surface area contributed by atoms with Crippen molar-refractivity contribution in [3.05, 3.63) is 95.6 Å². The molecule has 0 aliphatic carbocycles. The average molecular weight is 539 g/mol. The lowest BCUT2D eigenvalue weighted by Gasteiger charge is -2.26. The van der Waals surface area contributed by atoms with E-state index in [0.29, 0.717) is 11.3 Å². The Hall–Kier alpha value is -4.32. The van der Waals surface area contributed by atoms with E-state index in [1.54, 1.807) is 7.11 Å². The van der Waals surface area contributed by atoms with Crippen molar-refractivity contribution in [2.45, 2.75) is 59.1 Å². The summed E-state index contributed by atoms with van der Waals surface area (Å²) in [5, 5.41) is 7.83. The van der Waals surface area contributed by atoms with Crippen LogP contribution in [-0.2, 0) is 16.8 Å². The number of hydrogen-bond acceptors (Lipinski definition) is 4. The van der Waals surface area contributed by atoms with Crippen molar-refractivity contribution in [1.29, 1.82) is 0 Å². The molecule has 2 N–H and O–H groups in total. The molecule has 0 aliphatic heterocycles. The Kier molecular flexibility index (Phi) is 8.19. The lowest BCUT2D eigenvalue weighted by molar-refractivity contribution is 0.0919. The molecule has 4 aromatic carbocycles. The second-order valence-corrected chi connectivity index (χ2v) is 12.0. The number of amides is 2. The Morgan fingerprint density at radius 2 is 1.48 bits per heavy atom. The van der Waals surface area contributed by atoms with Gasteiger partial charge in [-0.1, -0.05) is 69.3 Å². The van der Waals surface area contributed by atoms with Gasteiger partial charge in [-0.2, -0.15) is 0 Å². The fourth-order valence-electron chi connectivity index (χ4n) is 4.53. The van der Waals surface area contributed by atoms with E-state index in [9.17, 15) is 9.59 Å². The van der Waals surface area contributed by atoms with Gasteiger partial charge < -0.3 is 14.8 Å². The van der Waals surface area contributed by atoms with Gasteiger partial charge in [0.05, 0.1) is 7.11 Å². The first-order valence-corrected chi connectivity index (χ1v) is 13.4. The first-order chi connectivity index (χ1) is 18.8. The topological polar surface area (TPSA) is 76.7 Å². The maximum Gasteiger partial charge on any atom is 0.411 e. The number of nitrogens with one attached hydrogen (secondary N) is 2. The Morgan fingerprint density at radius 1 is 0.800 bits per heavy atom. The number of carbonyl (C=O) groups is 2. The predicted molar refractivity (Wildman–Crippen MR) is 162 cm³/mol. The Labute approximate surface area is 236 Å². The third-order valence-corrected chi connectivity index (χ3v) is 6.46. The number of ether oxygens (including phenoxy) is 2. The van der Waals surface area contributed by atoms with Crippen LogP contribution >= 0.6 is 0 Å². The van der Waals surface area contributed by atoms with E-state index in [1.165, 1.54) is 0 Å². The predicted octanol–water partition coefficient (Wildman–Crippen LogP) is 8.09. The fourth-order valence-corrected chi connectivity index (χ4v) is 4.53. The minimum absolute atomic E-state index is 0.127. The van der Waals surface area contributed by atoms with E-state index in [-0.39, 0.29) is 23.5 Å². The van der Waals surface area contributed by atoms with Crippen LogP contribution < -0.4 is 15.4 Å². The zero-order valence-electron chi connectivity index (χ0n) is 24.3. The number of hydrogen-bond donors (Lipinski definition) is 2. The van der Waals surface area contributed by atoms with Crippen LogP contribution in [0.2, 0.25) is 0 Å². The van der Waals surface area contributed by atoms with Crippen molar-refractivity contribution in [3.63, 3.8) is 0 Å². The monoisotopic (exact) mass is 538 g/mol. The van der Waals surface area contributed by atoms with Gasteiger partial charge in [0, 0.05) is 27.9 Å². The molecule has 2 amide bonds. The van der Waals surface area contributed by atoms with Gasteiger partial charge in [-0.3, -0.25) is 10.1 Å². The molecule has 0 fully saturated rings. The van der Waals surface area contributed by atoms with E-state index >= 15 is 0 Å². The molecule has 0 heterocycles. The lowest BCUT2D eigenvalue weighted by atomic mass is 9.82. The van der Waals surface area contributed by atoms with Crippen molar-refractivity contribution >= 4 is 28.5 Å². The van der Waals surface area contributed by atoms with Crippen LogP contribution in [0.4, 0.5) is 10.5 Å². The van der Waals surface area contributed by atoms with E-state index in [2.05, 4.69) is 37.5 Å². The van der Waals surface area contributed by atoms with Crippen molar-refractivity contribution in [1.82, 2.24) is 5.32 Å². The summed E-state index contributed by atoms with van der Waals surface area (Å²) in [6.07, 6.45) is -0.510. The summed E-state index contributed by atoms with van der Waals surface area (Å²) in [4.78, 5) is 25.5. The first kappa shape index (κ1) is 28.7. The maximum atomic E-state index is 13.2. The van der Waals surface area contributed by atoms with Crippen LogP contribution in [0.5, 0.6) is 5.75 Å². The molecule has 0 radical (unpaired) electrons. The van der Waals surface area contributed by atoms with Gasteiger partial charge in [0.25, 0.3) is 5.91 Å². The number of anilines is 1. The molecule has 0 saturated carbocycles. The Bertz CT molecular complexity index is 1530. The highest BCUT2D eigenvalue weighted by molar-refractivity contribution is 5.98. The summed E-state index contributed by atoms with van der Waals surface area (Å²) < 4.78 is 11.3. The van der Waals surface area contributed by atoms with Gasteiger partial charge in [0.2, 0.25) is 0 Å². The molecule has 0 bridgehead atoms.